The molecule has 118 valence electrons. The van der Waals surface area contributed by atoms with Gasteiger partial charge in [-0.3, -0.25) is 4.57 Å². The molecule has 1 heterocycles. The van der Waals surface area contributed by atoms with Crippen molar-refractivity contribution in [3.63, 3.8) is 0 Å². The number of rotatable bonds is 5. The Morgan fingerprint density at radius 3 is 2.39 bits per heavy atom. The fourth-order valence-electron chi connectivity index (χ4n) is 2.32. The highest BCUT2D eigenvalue weighted by atomic mass is 32.1. The van der Waals surface area contributed by atoms with Crippen molar-refractivity contribution in [3.8, 4) is 5.75 Å². The standard InChI is InChI=1S/C17H17N2O2PS/c1-13(2)15-10-6-7-11-16(15)21-22(20,17-12-23-19-18-17)14-8-4-3-5-9-14/h3-13H,1-2H3. The van der Waals surface area contributed by atoms with Gasteiger partial charge in [0.25, 0.3) is 0 Å². The van der Waals surface area contributed by atoms with E-state index in [1.807, 2.05) is 42.5 Å². The summed E-state index contributed by atoms with van der Waals surface area (Å²) >= 11 is 1.17. The van der Waals surface area contributed by atoms with E-state index in [1.165, 1.54) is 11.5 Å². The lowest BCUT2D eigenvalue weighted by Gasteiger charge is -2.20. The number of hydrogen-bond acceptors (Lipinski definition) is 5. The molecule has 0 bridgehead atoms. The fourth-order valence-corrected chi connectivity index (χ4v) is 5.04. The quantitative estimate of drug-likeness (QED) is 0.657. The Hall–Kier alpha value is -1.97. The molecule has 1 unspecified atom stereocenters. The largest absolute Gasteiger partial charge is 0.436 e. The lowest BCUT2D eigenvalue weighted by molar-refractivity contribution is 0.497. The molecule has 0 saturated carbocycles. The van der Waals surface area contributed by atoms with Crippen LogP contribution in [0.2, 0.25) is 0 Å². The van der Waals surface area contributed by atoms with E-state index in [2.05, 4.69) is 23.4 Å². The van der Waals surface area contributed by atoms with E-state index in [0.717, 1.165) is 5.56 Å². The third kappa shape index (κ3) is 3.21. The zero-order valence-electron chi connectivity index (χ0n) is 12.9. The number of benzene rings is 2. The maximum Gasteiger partial charge on any atom is 0.327 e. The summed E-state index contributed by atoms with van der Waals surface area (Å²) in [7, 11) is -3.33. The van der Waals surface area contributed by atoms with E-state index in [1.54, 1.807) is 17.5 Å². The Kier molecular flexibility index (Phi) is 4.60. The second-order valence-corrected chi connectivity index (χ2v) is 8.30. The Bertz CT molecular complexity index is 820. The second-order valence-electron chi connectivity index (χ2n) is 5.43. The molecule has 3 aromatic rings. The molecule has 1 aromatic heterocycles. The summed E-state index contributed by atoms with van der Waals surface area (Å²) < 4.78 is 23.6. The first kappa shape index (κ1) is 15.9. The zero-order chi connectivity index (χ0) is 16.3. The molecule has 0 amide bonds. The average molecular weight is 344 g/mol. The van der Waals surface area contributed by atoms with Gasteiger partial charge >= 0.3 is 7.37 Å². The van der Waals surface area contributed by atoms with Crippen molar-refractivity contribution in [1.29, 1.82) is 0 Å². The second kappa shape index (κ2) is 6.65. The van der Waals surface area contributed by atoms with Crippen molar-refractivity contribution in [2.45, 2.75) is 19.8 Å². The number of nitrogens with zero attached hydrogens (tertiary/aromatic N) is 2. The maximum absolute atomic E-state index is 13.7. The summed E-state index contributed by atoms with van der Waals surface area (Å²) in [6.07, 6.45) is 0. The maximum atomic E-state index is 13.7. The van der Waals surface area contributed by atoms with Gasteiger partial charge in [0.15, 0.2) is 5.44 Å². The summed E-state index contributed by atoms with van der Waals surface area (Å²) in [6.45, 7) is 4.17. The molecule has 0 fully saturated rings. The van der Waals surface area contributed by atoms with E-state index < -0.39 is 7.37 Å². The van der Waals surface area contributed by atoms with E-state index in [0.29, 0.717) is 16.5 Å². The van der Waals surface area contributed by atoms with Crippen molar-refractivity contribution >= 4 is 29.6 Å². The molecule has 0 spiro atoms. The first-order valence-corrected chi connectivity index (χ1v) is 9.79. The van der Waals surface area contributed by atoms with Gasteiger partial charge in [-0.25, -0.2) is 0 Å². The highest BCUT2D eigenvalue weighted by molar-refractivity contribution is 7.74. The summed E-state index contributed by atoms with van der Waals surface area (Å²) in [5.41, 5.74) is 1.40. The highest BCUT2D eigenvalue weighted by Crippen LogP contribution is 2.46. The van der Waals surface area contributed by atoms with Gasteiger partial charge in [0.1, 0.15) is 5.75 Å². The predicted molar refractivity (Wildman–Crippen MR) is 94.4 cm³/mol. The van der Waals surface area contributed by atoms with Crippen molar-refractivity contribution in [3.05, 3.63) is 65.5 Å². The number of para-hydroxylation sites is 1. The molecular weight excluding hydrogens is 327 g/mol. The number of aromatic nitrogens is 2. The van der Waals surface area contributed by atoms with Gasteiger partial charge in [0.2, 0.25) is 0 Å². The molecular formula is C17H17N2O2PS. The summed E-state index contributed by atoms with van der Waals surface area (Å²) in [6, 6.07) is 16.9. The molecule has 0 aliphatic carbocycles. The van der Waals surface area contributed by atoms with Crippen LogP contribution in [0.15, 0.2) is 60.0 Å². The van der Waals surface area contributed by atoms with Crippen LogP contribution in [0.1, 0.15) is 25.3 Å². The van der Waals surface area contributed by atoms with Gasteiger partial charge in [-0.05, 0) is 41.2 Å². The Labute approximate surface area is 139 Å². The van der Waals surface area contributed by atoms with Crippen LogP contribution in [-0.4, -0.2) is 9.59 Å². The van der Waals surface area contributed by atoms with Gasteiger partial charge in [0.05, 0.1) is 5.30 Å². The van der Waals surface area contributed by atoms with E-state index in [9.17, 15) is 4.57 Å². The van der Waals surface area contributed by atoms with Gasteiger partial charge in [-0.1, -0.05) is 54.7 Å². The summed E-state index contributed by atoms with van der Waals surface area (Å²) in [5, 5.41) is 6.32. The summed E-state index contributed by atoms with van der Waals surface area (Å²) in [5.74, 6) is 0.895. The van der Waals surface area contributed by atoms with E-state index in [-0.39, 0.29) is 5.92 Å². The first-order chi connectivity index (χ1) is 11.1. The van der Waals surface area contributed by atoms with Crippen LogP contribution in [0.3, 0.4) is 0 Å². The molecule has 1 atom stereocenters. The van der Waals surface area contributed by atoms with Gasteiger partial charge in [-0.2, -0.15) is 0 Å². The molecule has 2 aromatic carbocycles. The van der Waals surface area contributed by atoms with Crippen LogP contribution in [-0.2, 0) is 4.57 Å². The van der Waals surface area contributed by atoms with Crippen LogP contribution in [0.4, 0.5) is 0 Å². The molecule has 0 N–H and O–H groups in total. The van der Waals surface area contributed by atoms with Crippen molar-refractivity contribution in [2.24, 2.45) is 0 Å². The van der Waals surface area contributed by atoms with Crippen molar-refractivity contribution in [2.75, 3.05) is 0 Å². The molecule has 0 saturated heterocycles. The third-order valence-corrected chi connectivity index (χ3v) is 6.45. The molecule has 0 radical (unpaired) electrons. The molecule has 3 rings (SSSR count). The molecule has 4 nitrogen and oxygen atoms in total. The lowest BCUT2D eigenvalue weighted by atomic mass is 10.0. The zero-order valence-corrected chi connectivity index (χ0v) is 14.6. The Morgan fingerprint density at radius 2 is 1.74 bits per heavy atom. The highest BCUT2D eigenvalue weighted by Gasteiger charge is 2.33. The minimum Gasteiger partial charge on any atom is -0.436 e. The Morgan fingerprint density at radius 1 is 1.04 bits per heavy atom. The normalized spacial score (nSPS) is 13.7. The smallest absolute Gasteiger partial charge is 0.327 e. The van der Waals surface area contributed by atoms with Crippen LogP contribution < -0.4 is 15.3 Å². The SMILES string of the molecule is CC(C)c1ccccc1OP(=O)(c1ccccc1)c1csnn1. The third-order valence-electron chi connectivity index (χ3n) is 3.51. The van der Waals surface area contributed by atoms with Crippen molar-refractivity contribution < 1.29 is 9.09 Å². The predicted octanol–water partition coefficient (Wildman–Crippen LogP) is 3.97. The first-order valence-electron chi connectivity index (χ1n) is 7.33. The van der Waals surface area contributed by atoms with E-state index in [4.69, 9.17) is 4.52 Å². The minimum atomic E-state index is -3.33. The van der Waals surface area contributed by atoms with Crippen LogP contribution in [0, 0.1) is 0 Å². The molecule has 0 aliphatic rings. The summed E-state index contributed by atoms with van der Waals surface area (Å²) in [4.78, 5) is 0. The molecule has 23 heavy (non-hydrogen) atoms. The average Bonchev–Trinajstić information content (AvgIpc) is 3.11. The van der Waals surface area contributed by atoms with Gasteiger partial charge in [-0.15, -0.1) is 5.10 Å². The van der Waals surface area contributed by atoms with Crippen LogP contribution in [0.25, 0.3) is 0 Å². The van der Waals surface area contributed by atoms with Gasteiger partial charge in [0, 0.05) is 5.38 Å². The monoisotopic (exact) mass is 344 g/mol. The number of hydrogen-bond donors (Lipinski definition) is 0. The van der Waals surface area contributed by atoms with Crippen LogP contribution in [0.5, 0.6) is 5.75 Å². The Balaban J connectivity index is 2.10. The topological polar surface area (TPSA) is 52.1 Å². The molecule has 0 aliphatic heterocycles. The fraction of sp³-hybridized carbons (Fsp3) is 0.176. The lowest BCUT2D eigenvalue weighted by Crippen LogP contribution is -2.21. The van der Waals surface area contributed by atoms with Gasteiger partial charge < -0.3 is 4.52 Å². The minimum absolute atomic E-state index is 0.268. The van der Waals surface area contributed by atoms with Crippen molar-refractivity contribution in [1.82, 2.24) is 9.59 Å². The van der Waals surface area contributed by atoms with E-state index >= 15 is 0 Å². The molecule has 6 heteroatoms. The van der Waals surface area contributed by atoms with Crippen LogP contribution >= 0.6 is 18.9 Å².